The SMILES string of the molecule is N#C[C@@H](C(=O)N/N=C\c1cccc(Br)c1)c1ccccc1. The summed E-state index contributed by atoms with van der Waals surface area (Å²) >= 11 is 3.36. The quantitative estimate of drug-likeness (QED) is 0.685. The van der Waals surface area contributed by atoms with Crippen molar-refractivity contribution < 1.29 is 4.79 Å². The Morgan fingerprint density at radius 3 is 2.67 bits per heavy atom. The van der Waals surface area contributed by atoms with Gasteiger partial charge in [0, 0.05) is 4.47 Å². The normalized spacial score (nSPS) is 11.8. The van der Waals surface area contributed by atoms with Gasteiger partial charge in [0.15, 0.2) is 5.92 Å². The monoisotopic (exact) mass is 341 g/mol. The second kappa shape index (κ2) is 7.36. The van der Waals surface area contributed by atoms with Gasteiger partial charge in [0.25, 0.3) is 5.91 Å². The smallest absolute Gasteiger partial charge is 0.261 e. The molecule has 0 fully saturated rings. The van der Waals surface area contributed by atoms with E-state index in [0.717, 1.165) is 10.0 Å². The molecule has 1 N–H and O–H groups in total. The van der Waals surface area contributed by atoms with Gasteiger partial charge in [-0.3, -0.25) is 4.79 Å². The van der Waals surface area contributed by atoms with Gasteiger partial charge >= 0.3 is 0 Å². The van der Waals surface area contributed by atoms with Crippen molar-refractivity contribution in [1.82, 2.24) is 5.43 Å². The molecule has 5 heteroatoms. The van der Waals surface area contributed by atoms with Crippen molar-refractivity contribution in [3.05, 3.63) is 70.2 Å². The summed E-state index contributed by atoms with van der Waals surface area (Å²) < 4.78 is 0.928. The van der Waals surface area contributed by atoms with Gasteiger partial charge in [-0.2, -0.15) is 10.4 Å². The highest BCUT2D eigenvalue weighted by molar-refractivity contribution is 9.10. The third kappa shape index (κ3) is 4.26. The summed E-state index contributed by atoms with van der Waals surface area (Å²) in [6, 6.07) is 18.4. The molecule has 0 heterocycles. The first-order chi connectivity index (χ1) is 10.2. The summed E-state index contributed by atoms with van der Waals surface area (Å²) in [5, 5.41) is 13.0. The number of carbonyl (C=O) groups is 1. The van der Waals surface area contributed by atoms with Crippen molar-refractivity contribution in [2.45, 2.75) is 5.92 Å². The molecule has 2 aromatic rings. The van der Waals surface area contributed by atoms with Crippen LogP contribution in [0.5, 0.6) is 0 Å². The van der Waals surface area contributed by atoms with Gasteiger partial charge < -0.3 is 0 Å². The molecule has 2 aromatic carbocycles. The molecule has 4 nitrogen and oxygen atoms in total. The van der Waals surface area contributed by atoms with Crippen LogP contribution in [-0.4, -0.2) is 12.1 Å². The average molecular weight is 342 g/mol. The molecule has 21 heavy (non-hydrogen) atoms. The molecule has 0 aliphatic heterocycles. The van der Waals surface area contributed by atoms with Gasteiger partial charge in [0.05, 0.1) is 12.3 Å². The number of nitriles is 1. The van der Waals surface area contributed by atoms with Gasteiger partial charge in [-0.25, -0.2) is 5.43 Å². The maximum absolute atomic E-state index is 12.0. The fourth-order valence-electron chi connectivity index (χ4n) is 1.75. The first-order valence-corrected chi connectivity index (χ1v) is 7.03. The fraction of sp³-hybridized carbons (Fsp3) is 0.0625. The molecule has 2 rings (SSSR count). The van der Waals surface area contributed by atoms with Crippen LogP contribution >= 0.6 is 15.9 Å². The van der Waals surface area contributed by atoms with Gasteiger partial charge in [-0.05, 0) is 23.3 Å². The topological polar surface area (TPSA) is 65.2 Å². The molecule has 0 spiro atoms. The molecule has 1 atom stereocenters. The number of halogens is 1. The lowest BCUT2D eigenvalue weighted by Crippen LogP contribution is -2.24. The Morgan fingerprint density at radius 1 is 1.24 bits per heavy atom. The van der Waals surface area contributed by atoms with E-state index in [0.29, 0.717) is 5.56 Å². The predicted molar refractivity (Wildman–Crippen MR) is 84.7 cm³/mol. The van der Waals surface area contributed by atoms with Crippen LogP contribution in [0, 0.1) is 11.3 Å². The zero-order valence-electron chi connectivity index (χ0n) is 11.0. The number of hydrogen-bond acceptors (Lipinski definition) is 3. The van der Waals surface area contributed by atoms with E-state index in [1.165, 1.54) is 6.21 Å². The molecule has 0 aliphatic rings. The summed E-state index contributed by atoms with van der Waals surface area (Å²) in [6.07, 6.45) is 1.53. The Kier molecular flexibility index (Phi) is 5.24. The Morgan fingerprint density at radius 2 is 2.00 bits per heavy atom. The van der Waals surface area contributed by atoms with Crippen molar-refractivity contribution in [3.8, 4) is 6.07 Å². The summed E-state index contributed by atoms with van der Waals surface area (Å²) in [6.45, 7) is 0. The number of amides is 1. The molecule has 0 radical (unpaired) electrons. The highest BCUT2D eigenvalue weighted by Gasteiger charge is 2.19. The molecule has 1 amide bonds. The van der Waals surface area contributed by atoms with E-state index in [2.05, 4.69) is 26.5 Å². The first kappa shape index (κ1) is 14.9. The Bertz CT molecular complexity index is 692. The largest absolute Gasteiger partial charge is 0.271 e. The van der Waals surface area contributed by atoms with E-state index in [4.69, 9.17) is 5.26 Å². The van der Waals surface area contributed by atoms with E-state index < -0.39 is 11.8 Å². The van der Waals surface area contributed by atoms with Crippen LogP contribution in [-0.2, 0) is 4.79 Å². The van der Waals surface area contributed by atoms with Crippen LogP contribution in [0.1, 0.15) is 17.0 Å². The first-order valence-electron chi connectivity index (χ1n) is 6.24. The number of carbonyl (C=O) groups excluding carboxylic acids is 1. The van der Waals surface area contributed by atoms with Crippen molar-refractivity contribution >= 4 is 28.1 Å². The minimum atomic E-state index is -0.870. The summed E-state index contributed by atoms with van der Waals surface area (Å²) in [5.41, 5.74) is 3.89. The number of nitrogens with one attached hydrogen (secondary N) is 1. The van der Waals surface area contributed by atoms with E-state index in [-0.39, 0.29) is 0 Å². The summed E-state index contributed by atoms with van der Waals surface area (Å²) in [7, 11) is 0. The standard InChI is InChI=1S/C16H12BrN3O/c17-14-8-4-5-12(9-14)11-19-20-16(21)15(10-18)13-6-2-1-3-7-13/h1-9,11,15H,(H,20,21)/b19-11-/t15-/m1/s1. The lowest BCUT2D eigenvalue weighted by molar-refractivity contribution is -0.121. The van der Waals surface area contributed by atoms with Crippen LogP contribution in [0.3, 0.4) is 0 Å². The average Bonchev–Trinajstić information content (AvgIpc) is 2.49. The number of nitrogens with zero attached hydrogens (tertiary/aromatic N) is 2. The number of hydrazone groups is 1. The predicted octanol–water partition coefficient (Wildman–Crippen LogP) is 3.21. The lowest BCUT2D eigenvalue weighted by atomic mass is 10.0. The molecular formula is C16H12BrN3O. The second-order valence-electron chi connectivity index (χ2n) is 4.26. The van der Waals surface area contributed by atoms with Crippen LogP contribution in [0.15, 0.2) is 64.2 Å². The Balaban J connectivity index is 2.02. The van der Waals surface area contributed by atoms with Gasteiger partial charge in [0.2, 0.25) is 0 Å². The van der Waals surface area contributed by atoms with Gasteiger partial charge in [-0.1, -0.05) is 58.4 Å². The van der Waals surface area contributed by atoms with Crippen molar-refractivity contribution in [3.63, 3.8) is 0 Å². The Hall–Kier alpha value is -2.45. The van der Waals surface area contributed by atoms with Crippen molar-refractivity contribution in [2.75, 3.05) is 0 Å². The second-order valence-corrected chi connectivity index (χ2v) is 5.18. The summed E-state index contributed by atoms with van der Waals surface area (Å²) in [5.74, 6) is -1.32. The highest BCUT2D eigenvalue weighted by atomic mass is 79.9. The van der Waals surface area contributed by atoms with E-state index in [9.17, 15) is 4.79 Å². The zero-order valence-corrected chi connectivity index (χ0v) is 12.6. The highest BCUT2D eigenvalue weighted by Crippen LogP contribution is 2.14. The van der Waals surface area contributed by atoms with E-state index in [1.54, 1.807) is 24.3 Å². The van der Waals surface area contributed by atoms with Crippen LogP contribution in [0.4, 0.5) is 0 Å². The molecule has 0 bridgehead atoms. The fourth-order valence-corrected chi connectivity index (χ4v) is 2.17. The molecule has 0 unspecified atom stereocenters. The zero-order chi connectivity index (χ0) is 15.1. The third-order valence-electron chi connectivity index (χ3n) is 2.76. The van der Waals surface area contributed by atoms with Gasteiger partial charge in [-0.15, -0.1) is 0 Å². The molecule has 104 valence electrons. The van der Waals surface area contributed by atoms with Crippen LogP contribution < -0.4 is 5.43 Å². The third-order valence-corrected chi connectivity index (χ3v) is 3.25. The van der Waals surface area contributed by atoms with Crippen molar-refractivity contribution in [1.29, 1.82) is 5.26 Å². The minimum Gasteiger partial charge on any atom is -0.271 e. The van der Waals surface area contributed by atoms with Crippen LogP contribution in [0.25, 0.3) is 0 Å². The number of hydrogen-bond donors (Lipinski definition) is 1. The molecule has 0 aliphatic carbocycles. The van der Waals surface area contributed by atoms with E-state index in [1.807, 2.05) is 36.4 Å². The maximum atomic E-state index is 12.0. The van der Waals surface area contributed by atoms with Crippen molar-refractivity contribution in [2.24, 2.45) is 5.10 Å². The lowest BCUT2D eigenvalue weighted by Gasteiger charge is -2.07. The maximum Gasteiger partial charge on any atom is 0.261 e. The molecule has 0 saturated heterocycles. The van der Waals surface area contributed by atoms with Crippen LogP contribution in [0.2, 0.25) is 0 Å². The number of benzene rings is 2. The molecular weight excluding hydrogens is 330 g/mol. The minimum absolute atomic E-state index is 0.449. The van der Waals surface area contributed by atoms with E-state index >= 15 is 0 Å². The molecule has 0 aromatic heterocycles. The Labute approximate surface area is 131 Å². The molecule has 0 saturated carbocycles. The summed E-state index contributed by atoms with van der Waals surface area (Å²) in [4.78, 5) is 12.0. The number of rotatable bonds is 4. The van der Waals surface area contributed by atoms with Gasteiger partial charge in [0.1, 0.15) is 0 Å².